The van der Waals surface area contributed by atoms with Crippen LogP contribution in [0.2, 0.25) is 0 Å². The Kier molecular flexibility index (Phi) is 3.04. The lowest BCUT2D eigenvalue weighted by molar-refractivity contribution is 0.387. The Bertz CT molecular complexity index is 533. The van der Waals surface area contributed by atoms with E-state index < -0.39 is 5.82 Å². The summed E-state index contributed by atoms with van der Waals surface area (Å²) in [6.45, 7) is 0. The summed E-state index contributed by atoms with van der Waals surface area (Å²) < 4.78 is 18.7. The zero-order valence-corrected chi connectivity index (χ0v) is 9.14. The van der Waals surface area contributed by atoms with Crippen LogP contribution in [-0.2, 0) is 0 Å². The van der Waals surface area contributed by atoms with Gasteiger partial charge in [-0.25, -0.2) is 14.4 Å². The normalized spacial score (nSPS) is 10.0. The molecule has 0 radical (unpaired) electrons. The molecule has 88 valence electrons. The van der Waals surface area contributed by atoms with Crippen molar-refractivity contribution in [1.82, 2.24) is 9.97 Å². The molecule has 0 aliphatic heterocycles. The minimum absolute atomic E-state index is 0.158. The van der Waals surface area contributed by atoms with Crippen LogP contribution in [0.1, 0.15) is 0 Å². The molecule has 17 heavy (non-hydrogen) atoms. The van der Waals surface area contributed by atoms with Crippen LogP contribution in [0.5, 0.6) is 5.75 Å². The first-order valence-electron chi connectivity index (χ1n) is 4.87. The van der Waals surface area contributed by atoms with Crippen LogP contribution in [0.25, 0.3) is 0 Å². The fourth-order valence-electron chi connectivity index (χ4n) is 1.35. The topological polar surface area (TPSA) is 73.1 Å². The number of nitrogens with two attached hydrogens (primary N) is 1. The van der Waals surface area contributed by atoms with Crippen molar-refractivity contribution < 1.29 is 9.13 Å². The Morgan fingerprint density at radius 2 is 2.18 bits per heavy atom. The van der Waals surface area contributed by atoms with Crippen molar-refractivity contribution in [2.75, 3.05) is 18.2 Å². The summed E-state index contributed by atoms with van der Waals surface area (Å²) in [5.41, 5.74) is 6.32. The lowest BCUT2D eigenvalue weighted by atomic mass is 10.2. The maximum absolute atomic E-state index is 13.8. The zero-order valence-electron chi connectivity index (χ0n) is 9.14. The third-order valence-corrected chi connectivity index (χ3v) is 2.20. The fourth-order valence-corrected chi connectivity index (χ4v) is 1.35. The van der Waals surface area contributed by atoms with Crippen LogP contribution in [0.3, 0.4) is 0 Å². The third-order valence-electron chi connectivity index (χ3n) is 2.20. The zero-order chi connectivity index (χ0) is 12.3. The predicted octanol–water partition coefficient (Wildman–Crippen LogP) is 1.95. The van der Waals surface area contributed by atoms with Gasteiger partial charge in [0.05, 0.1) is 19.0 Å². The molecule has 0 saturated heterocycles. The maximum Gasteiger partial charge on any atom is 0.188 e. The SMILES string of the molecule is COc1cccc(Nc2cncnc2N)c1F. The van der Waals surface area contributed by atoms with Crippen LogP contribution in [0.4, 0.5) is 21.6 Å². The van der Waals surface area contributed by atoms with Gasteiger partial charge in [-0.2, -0.15) is 0 Å². The minimum atomic E-state index is -0.488. The molecule has 6 heteroatoms. The molecular weight excluding hydrogens is 223 g/mol. The number of hydrogen-bond acceptors (Lipinski definition) is 5. The Morgan fingerprint density at radius 1 is 1.35 bits per heavy atom. The summed E-state index contributed by atoms with van der Waals surface area (Å²) in [5, 5.41) is 2.81. The molecule has 0 saturated carbocycles. The summed E-state index contributed by atoms with van der Waals surface area (Å²) in [7, 11) is 1.40. The van der Waals surface area contributed by atoms with Gasteiger partial charge in [0.1, 0.15) is 12.0 Å². The smallest absolute Gasteiger partial charge is 0.188 e. The number of anilines is 3. The Hall–Kier alpha value is -2.37. The van der Waals surface area contributed by atoms with Gasteiger partial charge in [0.25, 0.3) is 0 Å². The quantitative estimate of drug-likeness (QED) is 0.849. The van der Waals surface area contributed by atoms with Crippen LogP contribution in [-0.4, -0.2) is 17.1 Å². The second kappa shape index (κ2) is 4.65. The number of ether oxygens (including phenoxy) is 1. The molecule has 3 N–H and O–H groups in total. The van der Waals surface area contributed by atoms with E-state index in [2.05, 4.69) is 15.3 Å². The van der Waals surface area contributed by atoms with Gasteiger partial charge in [0.15, 0.2) is 17.4 Å². The molecule has 1 aromatic carbocycles. The molecule has 2 rings (SSSR count). The van der Waals surface area contributed by atoms with E-state index in [-0.39, 0.29) is 17.3 Å². The summed E-state index contributed by atoms with van der Waals surface area (Å²) in [4.78, 5) is 7.60. The van der Waals surface area contributed by atoms with Gasteiger partial charge in [-0.1, -0.05) is 6.07 Å². The lowest BCUT2D eigenvalue weighted by Crippen LogP contribution is -2.01. The average Bonchev–Trinajstić information content (AvgIpc) is 2.34. The molecule has 1 aromatic heterocycles. The first-order chi connectivity index (χ1) is 8.22. The van der Waals surface area contributed by atoms with E-state index in [1.807, 2.05) is 0 Å². The minimum Gasteiger partial charge on any atom is -0.494 e. The number of halogens is 1. The predicted molar refractivity (Wildman–Crippen MR) is 62.7 cm³/mol. The average molecular weight is 234 g/mol. The Labute approximate surface area is 97.5 Å². The Balaban J connectivity index is 2.34. The van der Waals surface area contributed by atoms with E-state index in [0.717, 1.165) is 0 Å². The number of rotatable bonds is 3. The van der Waals surface area contributed by atoms with Gasteiger partial charge in [0, 0.05) is 0 Å². The van der Waals surface area contributed by atoms with Crippen LogP contribution >= 0.6 is 0 Å². The summed E-state index contributed by atoms with van der Waals surface area (Å²) >= 11 is 0. The molecule has 0 aliphatic rings. The van der Waals surface area contributed by atoms with E-state index in [0.29, 0.717) is 5.69 Å². The van der Waals surface area contributed by atoms with E-state index in [1.54, 1.807) is 12.1 Å². The van der Waals surface area contributed by atoms with Crippen LogP contribution in [0.15, 0.2) is 30.7 Å². The molecule has 0 bridgehead atoms. The Morgan fingerprint density at radius 3 is 2.88 bits per heavy atom. The first kappa shape index (κ1) is 11.1. The van der Waals surface area contributed by atoms with Gasteiger partial charge < -0.3 is 15.8 Å². The standard InChI is InChI=1S/C11H11FN4O/c1-17-9-4-2-3-7(10(9)12)16-8-5-14-6-15-11(8)13/h2-6,16H,1H3,(H2,13,14,15). The molecule has 1 heterocycles. The maximum atomic E-state index is 13.8. The van der Waals surface area contributed by atoms with Crippen molar-refractivity contribution in [3.63, 3.8) is 0 Å². The molecule has 0 fully saturated rings. The van der Waals surface area contributed by atoms with Gasteiger partial charge in [-0.15, -0.1) is 0 Å². The van der Waals surface area contributed by atoms with Crippen LogP contribution < -0.4 is 15.8 Å². The highest BCUT2D eigenvalue weighted by Gasteiger charge is 2.09. The second-order valence-corrected chi connectivity index (χ2v) is 3.27. The lowest BCUT2D eigenvalue weighted by Gasteiger charge is -2.10. The molecule has 0 aliphatic carbocycles. The number of methoxy groups -OCH3 is 1. The molecule has 0 spiro atoms. The van der Waals surface area contributed by atoms with Crippen molar-refractivity contribution in [1.29, 1.82) is 0 Å². The third kappa shape index (κ3) is 2.25. The van der Waals surface area contributed by atoms with Gasteiger partial charge >= 0.3 is 0 Å². The monoisotopic (exact) mass is 234 g/mol. The molecule has 0 amide bonds. The first-order valence-corrected chi connectivity index (χ1v) is 4.87. The number of nitrogens with zero attached hydrogens (tertiary/aromatic N) is 2. The van der Waals surface area contributed by atoms with E-state index >= 15 is 0 Å². The molecule has 5 nitrogen and oxygen atoms in total. The van der Waals surface area contributed by atoms with Gasteiger partial charge in [-0.3, -0.25) is 0 Å². The molecular formula is C11H11FN4O. The number of nitrogen functional groups attached to an aromatic ring is 1. The highest BCUT2D eigenvalue weighted by atomic mass is 19.1. The van der Waals surface area contributed by atoms with Crippen molar-refractivity contribution in [3.8, 4) is 5.75 Å². The molecule has 2 aromatic rings. The van der Waals surface area contributed by atoms with E-state index in [9.17, 15) is 4.39 Å². The van der Waals surface area contributed by atoms with E-state index in [4.69, 9.17) is 10.5 Å². The summed E-state index contributed by atoms with van der Waals surface area (Å²) in [6.07, 6.45) is 2.80. The van der Waals surface area contributed by atoms with Crippen molar-refractivity contribution in [3.05, 3.63) is 36.5 Å². The van der Waals surface area contributed by atoms with Crippen LogP contribution in [0, 0.1) is 5.82 Å². The number of benzene rings is 1. The number of aromatic nitrogens is 2. The molecule has 0 unspecified atom stereocenters. The summed E-state index contributed by atoms with van der Waals surface area (Å²) in [6, 6.07) is 4.78. The highest BCUT2D eigenvalue weighted by molar-refractivity contribution is 5.69. The van der Waals surface area contributed by atoms with Crippen molar-refractivity contribution in [2.24, 2.45) is 0 Å². The molecule has 0 atom stereocenters. The van der Waals surface area contributed by atoms with Crippen molar-refractivity contribution in [2.45, 2.75) is 0 Å². The van der Waals surface area contributed by atoms with E-state index in [1.165, 1.54) is 25.7 Å². The van der Waals surface area contributed by atoms with Gasteiger partial charge in [0.2, 0.25) is 0 Å². The number of hydrogen-bond donors (Lipinski definition) is 2. The summed E-state index contributed by atoms with van der Waals surface area (Å²) in [5.74, 6) is -0.0779. The largest absolute Gasteiger partial charge is 0.494 e. The highest BCUT2D eigenvalue weighted by Crippen LogP contribution is 2.27. The number of nitrogens with one attached hydrogen (secondary N) is 1. The fraction of sp³-hybridized carbons (Fsp3) is 0.0909. The second-order valence-electron chi connectivity index (χ2n) is 3.27. The van der Waals surface area contributed by atoms with Gasteiger partial charge in [-0.05, 0) is 12.1 Å². The van der Waals surface area contributed by atoms with Crippen molar-refractivity contribution >= 4 is 17.2 Å².